The van der Waals surface area contributed by atoms with Crippen molar-refractivity contribution >= 4 is 33.5 Å². The van der Waals surface area contributed by atoms with Crippen molar-refractivity contribution in [3.63, 3.8) is 0 Å². The van der Waals surface area contributed by atoms with Gasteiger partial charge in [0.05, 0.1) is 4.47 Å². The molecule has 0 amide bonds. The molecule has 0 fully saturated rings. The van der Waals surface area contributed by atoms with Gasteiger partial charge in [0, 0.05) is 16.9 Å². The molecule has 0 bridgehead atoms. The summed E-state index contributed by atoms with van der Waals surface area (Å²) < 4.78 is 13.7. The van der Waals surface area contributed by atoms with Crippen LogP contribution in [0.25, 0.3) is 0 Å². The predicted molar refractivity (Wildman–Crippen MR) is 80.4 cm³/mol. The van der Waals surface area contributed by atoms with E-state index in [9.17, 15) is 9.18 Å². The third-order valence-corrected chi connectivity index (χ3v) is 4.43. The molecule has 0 saturated carbocycles. The monoisotopic (exact) mass is 338 g/mol. The second-order valence-electron chi connectivity index (χ2n) is 4.04. The number of hydrogen-bond acceptors (Lipinski definition) is 2. The van der Waals surface area contributed by atoms with Crippen LogP contribution in [0, 0.1) is 5.82 Å². The minimum Gasteiger partial charge on any atom is -0.294 e. The number of ketones is 1. The summed E-state index contributed by atoms with van der Waals surface area (Å²) in [6.07, 6.45) is 2.18. The average molecular weight is 339 g/mol. The highest BCUT2D eigenvalue weighted by atomic mass is 79.9. The lowest BCUT2D eigenvalue weighted by molar-refractivity contribution is 0.0992. The Bertz CT molecular complexity index is 596. The lowest BCUT2D eigenvalue weighted by Gasteiger charge is -2.05. The fraction of sp³-hybridized carbons (Fsp3) is 0.133. The molecule has 1 nitrogen and oxygen atoms in total. The van der Waals surface area contributed by atoms with E-state index in [-0.39, 0.29) is 18.0 Å². The largest absolute Gasteiger partial charge is 0.294 e. The Hall–Kier alpha value is -1.13. The molecule has 0 aromatic heterocycles. The van der Waals surface area contributed by atoms with Crippen LogP contribution in [0.2, 0.25) is 0 Å². The van der Waals surface area contributed by atoms with E-state index in [0.29, 0.717) is 15.6 Å². The van der Waals surface area contributed by atoms with Crippen LogP contribution in [-0.4, -0.2) is 12.0 Å². The molecule has 98 valence electrons. The molecule has 0 heterocycles. The molecule has 0 atom stereocenters. The molecule has 0 saturated heterocycles. The third-order valence-electron chi connectivity index (χ3n) is 2.79. The molecule has 2 rings (SSSR count). The first-order valence-corrected chi connectivity index (χ1v) is 7.73. The maximum Gasteiger partial charge on any atom is 0.167 e. The standard InChI is InChI=1S/C15H12BrFOS/c1-19-12-7-5-10(6-8-12)14(18)9-11-3-2-4-13(17)15(11)16/h2-8H,9H2,1H3. The van der Waals surface area contributed by atoms with Crippen LogP contribution in [-0.2, 0) is 6.42 Å². The quantitative estimate of drug-likeness (QED) is 0.591. The van der Waals surface area contributed by atoms with Crippen LogP contribution in [0.3, 0.4) is 0 Å². The fourth-order valence-corrected chi connectivity index (χ4v) is 2.55. The Morgan fingerprint density at radius 2 is 1.89 bits per heavy atom. The van der Waals surface area contributed by atoms with E-state index in [0.717, 1.165) is 4.90 Å². The van der Waals surface area contributed by atoms with Crippen LogP contribution >= 0.6 is 27.7 Å². The molecule has 0 radical (unpaired) electrons. The molecule has 0 aliphatic rings. The van der Waals surface area contributed by atoms with Crippen molar-refractivity contribution in [1.29, 1.82) is 0 Å². The molecular formula is C15H12BrFOS. The van der Waals surface area contributed by atoms with E-state index in [2.05, 4.69) is 15.9 Å². The predicted octanol–water partition coefficient (Wildman–Crippen LogP) is 4.74. The van der Waals surface area contributed by atoms with Crippen LogP contribution in [0.1, 0.15) is 15.9 Å². The van der Waals surface area contributed by atoms with Gasteiger partial charge >= 0.3 is 0 Å². The van der Waals surface area contributed by atoms with Gasteiger partial charge in [-0.3, -0.25) is 4.79 Å². The maximum atomic E-state index is 13.4. The van der Waals surface area contributed by atoms with Gasteiger partial charge in [-0.2, -0.15) is 0 Å². The van der Waals surface area contributed by atoms with E-state index in [1.807, 2.05) is 18.4 Å². The van der Waals surface area contributed by atoms with Gasteiger partial charge in [0.1, 0.15) is 5.82 Å². The summed E-state index contributed by atoms with van der Waals surface area (Å²) in [7, 11) is 0. The zero-order chi connectivity index (χ0) is 13.8. The zero-order valence-electron chi connectivity index (χ0n) is 10.3. The van der Waals surface area contributed by atoms with Gasteiger partial charge in [-0.1, -0.05) is 24.3 Å². The summed E-state index contributed by atoms with van der Waals surface area (Å²) in [6.45, 7) is 0. The zero-order valence-corrected chi connectivity index (χ0v) is 12.7. The Morgan fingerprint density at radius 1 is 1.21 bits per heavy atom. The molecule has 0 aliphatic carbocycles. The highest BCUT2D eigenvalue weighted by molar-refractivity contribution is 9.10. The molecular weight excluding hydrogens is 327 g/mol. The van der Waals surface area contributed by atoms with Crippen molar-refractivity contribution in [2.75, 3.05) is 6.26 Å². The first kappa shape index (κ1) is 14.3. The smallest absolute Gasteiger partial charge is 0.167 e. The molecule has 0 spiro atoms. The second kappa shape index (κ2) is 6.35. The number of Topliss-reactive ketones (excluding diaryl/α,β-unsaturated/α-hetero) is 1. The van der Waals surface area contributed by atoms with Crippen molar-refractivity contribution in [2.24, 2.45) is 0 Å². The summed E-state index contributed by atoms with van der Waals surface area (Å²) >= 11 is 4.80. The van der Waals surface area contributed by atoms with Crippen molar-refractivity contribution in [1.82, 2.24) is 0 Å². The molecule has 19 heavy (non-hydrogen) atoms. The molecule has 2 aromatic rings. The van der Waals surface area contributed by atoms with E-state index in [1.165, 1.54) is 6.07 Å². The fourth-order valence-electron chi connectivity index (χ4n) is 1.74. The lowest BCUT2D eigenvalue weighted by atomic mass is 10.0. The molecule has 4 heteroatoms. The van der Waals surface area contributed by atoms with Crippen LogP contribution in [0.15, 0.2) is 51.8 Å². The lowest BCUT2D eigenvalue weighted by Crippen LogP contribution is -2.04. The van der Waals surface area contributed by atoms with Crippen molar-refractivity contribution in [3.05, 3.63) is 63.9 Å². The summed E-state index contributed by atoms with van der Waals surface area (Å²) in [5.41, 5.74) is 1.31. The molecule has 0 N–H and O–H groups in total. The summed E-state index contributed by atoms with van der Waals surface area (Å²) in [6, 6.07) is 12.2. The first-order chi connectivity index (χ1) is 9.11. The topological polar surface area (TPSA) is 17.1 Å². The van der Waals surface area contributed by atoms with Gasteiger partial charge in [-0.05, 0) is 45.9 Å². The van der Waals surface area contributed by atoms with Gasteiger partial charge in [0.25, 0.3) is 0 Å². The average Bonchev–Trinajstić information content (AvgIpc) is 2.44. The number of carbonyl (C=O) groups excluding carboxylic acids is 1. The summed E-state index contributed by atoms with van der Waals surface area (Å²) in [4.78, 5) is 13.2. The van der Waals surface area contributed by atoms with Crippen LogP contribution in [0.4, 0.5) is 4.39 Å². The Labute approximate surface area is 124 Å². The Balaban J connectivity index is 2.18. The Kier molecular flexibility index (Phi) is 4.77. The van der Waals surface area contributed by atoms with Crippen molar-refractivity contribution < 1.29 is 9.18 Å². The van der Waals surface area contributed by atoms with E-state index >= 15 is 0 Å². The third kappa shape index (κ3) is 3.45. The van der Waals surface area contributed by atoms with Crippen LogP contribution in [0.5, 0.6) is 0 Å². The van der Waals surface area contributed by atoms with E-state index in [1.54, 1.807) is 36.0 Å². The highest BCUT2D eigenvalue weighted by Gasteiger charge is 2.11. The number of benzene rings is 2. The normalized spacial score (nSPS) is 10.5. The molecule has 0 aliphatic heterocycles. The van der Waals surface area contributed by atoms with Gasteiger partial charge < -0.3 is 0 Å². The second-order valence-corrected chi connectivity index (χ2v) is 5.71. The highest BCUT2D eigenvalue weighted by Crippen LogP contribution is 2.22. The SMILES string of the molecule is CSc1ccc(C(=O)Cc2cccc(F)c2Br)cc1. The minimum absolute atomic E-state index is 0.0149. The van der Waals surface area contributed by atoms with Crippen LogP contribution < -0.4 is 0 Å². The van der Waals surface area contributed by atoms with E-state index in [4.69, 9.17) is 0 Å². The van der Waals surface area contributed by atoms with Gasteiger partial charge in [-0.15, -0.1) is 11.8 Å². The number of hydrogen-bond donors (Lipinski definition) is 0. The van der Waals surface area contributed by atoms with Gasteiger partial charge in [-0.25, -0.2) is 4.39 Å². The molecule has 2 aromatic carbocycles. The maximum absolute atomic E-state index is 13.4. The first-order valence-electron chi connectivity index (χ1n) is 5.72. The van der Waals surface area contributed by atoms with Crippen molar-refractivity contribution in [2.45, 2.75) is 11.3 Å². The number of rotatable bonds is 4. The Morgan fingerprint density at radius 3 is 2.53 bits per heavy atom. The summed E-state index contributed by atoms with van der Waals surface area (Å²) in [5, 5.41) is 0. The van der Waals surface area contributed by atoms with Crippen molar-refractivity contribution in [3.8, 4) is 0 Å². The summed E-state index contributed by atoms with van der Waals surface area (Å²) in [5.74, 6) is -0.359. The molecule has 0 unspecified atom stereocenters. The number of carbonyl (C=O) groups is 1. The number of halogens is 2. The number of thioether (sulfide) groups is 1. The minimum atomic E-state index is -0.344. The van der Waals surface area contributed by atoms with E-state index < -0.39 is 0 Å². The van der Waals surface area contributed by atoms with Gasteiger partial charge in [0.2, 0.25) is 0 Å². The van der Waals surface area contributed by atoms with Gasteiger partial charge in [0.15, 0.2) is 5.78 Å².